The predicted octanol–water partition coefficient (Wildman–Crippen LogP) is 4.48. The highest BCUT2D eigenvalue weighted by atomic mass is 16.5. The van der Waals surface area contributed by atoms with E-state index in [0.717, 1.165) is 30.6 Å². The van der Waals surface area contributed by atoms with E-state index in [0.29, 0.717) is 6.42 Å². The van der Waals surface area contributed by atoms with Crippen molar-refractivity contribution >= 4 is 0 Å². The zero-order chi connectivity index (χ0) is 15.9. The van der Waals surface area contributed by atoms with Crippen LogP contribution in [0.5, 0.6) is 5.75 Å². The molecule has 2 nitrogen and oxygen atoms in total. The van der Waals surface area contributed by atoms with Gasteiger partial charge in [-0.3, -0.25) is 0 Å². The van der Waals surface area contributed by atoms with Gasteiger partial charge in [0.2, 0.25) is 0 Å². The third-order valence-electron chi connectivity index (χ3n) is 4.38. The average Bonchev–Trinajstić information content (AvgIpc) is 3.03. The molecule has 0 radical (unpaired) electrons. The Hall–Kier alpha value is -1.02. The van der Waals surface area contributed by atoms with Gasteiger partial charge >= 0.3 is 0 Å². The van der Waals surface area contributed by atoms with E-state index in [-0.39, 0.29) is 10.8 Å². The van der Waals surface area contributed by atoms with Crippen molar-refractivity contribution in [1.29, 1.82) is 0 Å². The Balaban J connectivity index is 2.30. The number of hydrogen-bond donors (Lipinski definition) is 1. The Morgan fingerprint density at radius 2 is 1.76 bits per heavy atom. The molecule has 0 heterocycles. The lowest BCUT2D eigenvalue weighted by atomic mass is 9.72. The molecule has 0 unspecified atom stereocenters. The predicted molar refractivity (Wildman–Crippen MR) is 88.0 cm³/mol. The Morgan fingerprint density at radius 3 is 2.24 bits per heavy atom. The zero-order valence-electron chi connectivity index (χ0n) is 14.4. The normalized spacial score (nSPS) is 17.7. The lowest BCUT2D eigenvalue weighted by Crippen LogP contribution is -2.25. The average molecular weight is 290 g/mol. The van der Waals surface area contributed by atoms with Gasteiger partial charge in [-0.2, -0.15) is 0 Å². The molecule has 21 heavy (non-hydrogen) atoms. The van der Waals surface area contributed by atoms with Crippen LogP contribution in [-0.2, 0) is 11.8 Å². The van der Waals surface area contributed by atoms with Gasteiger partial charge in [-0.25, -0.2) is 0 Å². The van der Waals surface area contributed by atoms with E-state index in [1.54, 1.807) is 7.11 Å². The van der Waals surface area contributed by atoms with Gasteiger partial charge in [0.25, 0.3) is 0 Å². The van der Waals surface area contributed by atoms with Gasteiger partial charge in [0, 0.05) is 6.42 Å². The zero-order valence-corrected chi connectivity index (χ0v) is 14.4. The Bertz CT molecular complexity index is 505. The first-order chi connectivity index (χ1) is 9.55. The van der Waals surface area contributed by atoms with E-state index in [1.165, 1.54) is 5.56 Å². The molecule has 0 aliphatic heterocycles. The van der Waals surface area contributed by atoms with Crippen LogP contribution in [0.15, 0.2) is 18.2 Å². The SMILES string of the molecule is COc1ccc(C(C)(C)CC(C)(C)C)cc1CC1(O)CC1. The summed E-state index contributed by atoms with van der Waals surface area (Å²) in [6.07, 6.45) is 3.64. The second-order valence-corrected chi connectivity index (χ2v) is 8.55. The summed E-state index contributed by atoms with van der Waals surface area (Å²) in [5.74, 6) is 0.894. The Kier molecular flexibility index (Phi) is 4.14. The van der Waals surface area contributed by atoms with Gasteiger partial charge in [0.05, 0.1) is 12.7 Å². The lowest BCUT2D eigenvalue weighted by molar-refractivity contribution is 0.150. The van der Waals surface area contributed by atoms with Crippen molar-refractivity contribution in [3.05, 3.63) is 29.3 Å². The number of ether oxygens (including phenoxy) is 1. The summed E-state index contributed by atoms with van der Waals surface area (Å²) in [6, 6.07) is 6.46. The second-order valence-electron chi connectivity index (χ2n) is 8.55. The molecular weight excluding hydrogens is 260 g/mol. The molecule has 1 fully saturated rings. The van der Waals surface area contributed by atoms with Crippen molar-refractivity contribution in [2.45, 2.75) is 71.3 Å². The standard InChI is InChI=1S/C19H30O2/c1-17(2,3)13-18(4,5)15-7-8-16(21-6)14(11-15)12-19(20)9-10-19/h7-8,11,20H,9-10,12-13H2,1-6H3. The first kappa shape index (κ1) is 16.4. The summed E-state index contributed by atoms with van der Waals surface area (Å²) in [4.78, 5) is 0. The largest absolute Gasteiger partial charge is 0.496 e. The minimum atomic E-state index is -0.486. The molecule has 0 saturated heterocycles. The fourth-order valence-corrected chi connectivity index (χ4v) is 3.44. The lowest BCUT2D eigenvalue weighted by Gasteiger charge is -2.33. The summed E-state index contributed by atoms with van der Waals surface area (Å²) in [5.41, 5.74) is 2.39. The second kappa shape index (κ2) is 5.31. The number of benzene rings is 1. The van der Waals surface area contributed by atoms with E-state index in [1.807, 2.05) is 0 Å². The summed E-state index contributed by atoms with van der Waals surface area (Å²) in [5, 5.41) is 10.2. The summed E-state index contributed by atoms with van der Waals surface area (Å²) >= 11 is 0. The van der Waals surface area contributed by atoms with Gasteiger partial charge in [-0.15, -0.1) is 0 Å². The van der Waals surface area contributed by atoms with Crippen molar-refractivity contribution in [1.82, 2.24) is 0 Å². The highest BCUT2D eigenvalue weighted by Crippen LogP contribution is 2.42. The molecule has 2 heteroatoms. The maximum Gasteiger partial charge on any atom is 0.122 e. The van der Waals surface area contributed by atoms with E-state index in [4.69, 9.17) is 4.74 Å². The third-order valence-corrected chi connectivity index (χ3v) is 4.38. The topological polar surface area (TPSA) is 29.5 Å². The molecule has 1 aromatic rings. The maximum atomic E-state index is 10.2. The van der Waals surface area contributed by atoms with Crippen LogP contribution >= 0.6 is 0 Å². The van der Waals surface area contributed by atoms with Crippen LogP contribution in [0.2, 0.25) is 0 Å². The van der Waals surface area contributed by atoms with Crippen molar-refractivity contribution in [3.63, 3.8) is 0 Å². The minimum Gasteiger partial charge on any atom is -0.496 e. The highest BCUT2D eigenvalue weighted by Gasteiger charge is 2.41. The smallest absolute Gasteiger partial charge is 0.122 e. The van der Waals surface area contributed by atoms with Crippen LogP contribution in [-0.4, -0.2) is 17.8 Å². The highest BCUT2D eigenvalue weighted by molar-refractivity contribution is 5.41. The molecule has 1 N–H and O–H groups in total. The fraction of sp³-hybridized carbons (Fsp3) is 0.684. The van der Waals surface area contributed by atoms with Crippen LogP contribution in [0.1, 0.15) is 65.0 Å². The molecular formula is C19H30O2. The van der Waals surface area contributed by atoms with E-state index < -0.39 is 5.60 Å². The van der Waals surface area contributed by atoms with Gasteiger partial charge in [0.15, 0.2) is 0 Å². The summed E-state index contributed by atoms with van der Waals surface area (Å²) in [7, 11) is 1.70. The van der Waals surface area contributed by atoms with Crippen molar-refractivity contribution in [3.8, 4) is 5.75 Å². The summed E-state index contributed by atoms with van der Waals surface area (Å²) in [6.45, 7) is 11.5. The van der Waals surface area contributed by atoms with Crippen LogP contribution in [0.25, 0.3) is 0 Å². The van der Waals surface area contributed by atoms with E-state index in [9.17, 15) is 5.11 Å². The third kappa shape index (κ3) is 4.23. The first-order valence-electron chi connectivity index (χ1n) is 7.95. The monoisotopic (exact) mass is 290 g/mol. The van der Waals surface area contributed by atoms with Gasteiger partial charge in [-0.1, -0.05) is 46.8 Å². The minimum absolute atomic E-state index is 0.117. The van der Waals surface area contributed by atoms with Crippen molar-refractivity contribution in [2.24, 2.45) is 5.41 Å². The van der Waals surface area contributed by atoms with E-state index in [2.05, 4.69) is 52.8 Å². The van der Waals surface area contributed by atoms with Crippen LogP contribution in [0.3, 0.4) is 0 Å². The van der Waals surface area contributed by atoms with Crippen LogP contribution in [0.4, 0.5) is 0 Å². The first-order valence-corrected chi connectivity index (χ1v) is 7.95. The number of rotatable bonds is 5. The molecule has 1 aliphatic rings. The Labute approximate surface area is 129 Å². The van der Waals surface area contributed by atoms with E-state index >= 15 is 0 Å². The van der Waals surface area contributed by atoms with Gasteiger partial charge < -0.3 is 9.84 Å². The number of methoxy groups -OCH3 is 1. The molecule has 1 saturated carbocycles. The molecule has 118 valence electrons. The number of aliphatic hydroxyl groups is 1. The molecule has 1 aromatic carbocycles. The van der Waals surface area contributed by atoms with Gasteiger partial charge in [0.1, 0.15) is 5.75 Å². The fourth-order valence-electron chi connectivity index (χ4n) is 3.44. The molecule has 0 bridgehead atoms. The molecule has 0 spiro atoms. The quantitative estimate of drug-likeness (QED) is 0.866. The van der Waals surface area contributed by atoms with Crippen LogP contribution < -0.4 is 4.74 Å². The Morgan fingerprint density at radius 1 is 1.14 bits per heavy atom. The van der Waals surface area contributed by atoms with Crippen molar-refractivity contribution < 1.29 is 9.84 Å². The number of hydrogen-bond acceptors (Lipinski definition) is 2. The molecule has 2 rings (SSSR count). The van der Waals surface area contributed by atoms with Gasteiger partial charge in [-0.05, 0) is 47.3 Å². The molecule has 0 aromatic heterocycles. The van der Waals surface area contributed by atoms with Crippen molar-refractivity contribution in [2.75, 3.05) is 7.11 Å². The molecule has 0 amide bonds. The maximum absolute atomic E-state index is 10.2. The summed E-state index contributed by atoms with van der Waals surface area (Å²) < 4.78 is 5.48. The molecule has 0 atom stereocenters. The van der Waals surface area contributed by atoms with Crippen LogP contribution in [0, 0.1) is 5.41 Å². The molecule has 1 aliphatic carbocycles.